The molecule has 12 heteroatoms. The highest BCUT2D eigenvalue weighted by atomic mass is 16.6. The first-order chi connectivity index (χ1) is 19.9. The van der Waals surface area contributed by atoms with E-state index in [9.17, 15) is 44.7 Å². The van der Waals surface area contributed by atoms with Gasteiger partial charge in [0.15, 0.2) is 11.9 Å². The van der Waals surface area contributed by atoms with Crippen molar-refractivity contribution in [2.45, 2.75) is 96.1 Å². The molecule has 0 aliphatic heterocycles. The summed E-state index contributed by atoms with van der Waals surface area (Å²) in [5.41, 5.74) is -8.29. The summed E-state index contributed by atoms with van der Waals surface area (Å²) in [4.78, 5) is 52.8. The minimum Gasteiger partial charge on any atom is -0.459 e. The summed E-state index contributed by atoms with van der Waals surface area (Å²) in [6, 6.07) is 7.71. The van der Waals surface area contributed by atoms with Gasteiger partial charge < -0.3 is 39.7 Å². The summed E-state index contributed by atoms with van der Waals surface area (Å²) in [6.07, 6.45) is -9.37. The number of ether oxygens (including phenoxy) is 3. The van der Waals surface area contributed by atoms with E-state index in [2.05, 4.69) is 0 Å². The molecule has 0 radical (unpaired) electrons. The summed E-state index contributed by atoms with van der Waals surface area (Å²) in [7, 11) is 0. The number of hydrogen-bond acceptors (Lipinski definition) is 12. The molecule has 2 saturated carbocycles. The molecule has 236 valence electrons. The van der Waals surface area contributed by atoms with Gasteiger partial charge in [0.05, 0.1) is 29.8 Å². The van der Waals surface area contributed by atoms with E-state index < -0.39 is 102 Å². The molecular formula is C31H40O12. The lowest BCUT2D eigenvalue weighted by atomic mass is 9.45. The van der Waals surface area contributed by atoms with Crippen LogP contribution in [-0.4, -0.2) is 97.6 Å². The second kappa shape index (κ2) is 11.1. The predicted octanol–water partition coefficient (Wildman–Crippen LogP) is 0.607. The van der Waals surface area contributed by atoms with E-state index in [0.717, 1.165) is 13.8 Å². The van der Waals surface area contributed by atoms with Crippen molar-refractivity contribution in [1.29, 1.82) is 0 Å². The van der Waals surface area contributed by atoms with Crippen molar-refractivity contribution in [1.82, 2.24) is 0 Å². The zero-order chi connectivity index (χ0) is 32.3. The Morgan fingerprint density at radius 2 is 1.53 bits per heavy atom. The Labute approximate surface area is 249 Å². The lowest BCUT2D eigenvalue weighted by Gasteiger charge is -2.64. The molecule has 0 aromatic heterocycles. The molecule has 0 spiro atoms. The van der Waals surface area contributed by atoms with Crippen LogP contribution in [0.15, 0.2) is 41.5 Å². The monoisotopic (exact) mass is 604 g/mol. The molecule has 2 fully saturated rings. The van der Waals surface area contributed by atoms with Crippen molar-refractivity contribution in [3.05, 3.63) is 47.0 Å². The van der Waals surface area contributed by atoms with Crippen LogP contribution in [0.2, 0.25) is 0 Å². The molecule has 0 heterocycles. The Morgan fingerprint density at radius 3 is 2.07 bits per heavy atom. The SMILES string of the molecule is CC(=O)O[C@H]1C(=O)[C@@]2(C)[C@H]([C@H](OC(=O)c3ccccc3)[C@]3(O)C[C@H](O)C(C)=C1C3(C)C)[C@](O)(CO)[C@@H](OC(C)=O)C[C@@H]2O. The zero-order valence-electron chi connectivity index (χ0n) is 25.1. The first kappa shape index (κ1) is 32.7. The molecule has 0 unspecified atom stereocenters. The zero-order valence-corrected chi connectivity index (χ0v) is 25.1. The van der Waals surface area contributed by atoms with Crippen molar-refractivity contribution >= 4 is 23.7 Å². The average molecular weight is 605 g/mol. The fraction of sp³-hybridized carbons (Fsp3) is 0.613. The number of aliphatic hydroxyl groups is 5. The van der Waals surface area contributed by atoms with Crippen LogP contribution in [0.5, 0.6) is 0 Å². The number of Topliss-reactive ketones (excluding diaryl/α,β-unsaturated/α-hetero) is 1. The maximum atomic E-state index is 14.7. The molecule has 2 bridgehead atoms. The van der Waals surface area contributed by atoms with Crippen LogP contribution in [0, 0.1) is 16.7 Å². The molecule has 1 aromatic carbocycles. The quantitative estimate of drug-likeness (QED) is 0.179. The van der Waals surface area contributed by atoms with E-state index in [-0.39, 0.29) is 16.7 Å². The van der Waals surface area contributed by atoms with Gasteiger partial charge in [-0.05, 0) is 37.1 Å². The average Bonchev–Trinajstić information content (AvgIpc) is 2.93. The van der Waals surface area contributed by atoms with Gasteiger partial charge in [-0.3, -0.25) is 14.4 Å². The number of aliphatic hydroxyl groups excluding tert-OH is 3. The largest absolute Gasteiger partial charge is 0.459 e. The second-order valence-electron chi connectivity index (χ2n) is 12.7. The maximum Gasteiger partial charge on any atom is 0.338 e. The fourth-order valence-corrected chi connectivity index (χ4v) is 7.53. The van der Waals surface area contributed by atoms with Crippen LogP contribution in [0.4, 0.5) is 0 Å². The van der Waals surface area contributed by atoms with E-state index in [1.54, 1.807) is 18.2 Å². The number of hydrogen-bond donors (Lipinski definition) is 5. The lowest BCUT2D eigenvalue weighted by Crippen LogP contribution is -2.78. The minimum atomic E-state index is -2.58. The van der Waals surface area contributed by atoms with Crippen LogP contribution in [0.1, 0.15) is 64.7 Å². The van der Waals surface area contributed by atoms with Gasteiger partial charge in [-0.1, -0.05) is 32.0 Å². The summed E-state index contributed by atoms with van der Waals surface area (Å²) in [5.74, 6) is -5.48. The second-order valence-corrected chi connectivity index (χ2v) is 12.7. The summed E-state index contributed by atoms with van der Waals surface area (Å²) >= 11 is 0. The van der Waals surface area contributed by atoms with Crippen LogP contribution < -0.4 is 0 Å². The van der Waals surface area contributed by atoms with Gasteiger partial charge >= 0.3 is 17.9 Å². The Morgan fingerprint density at radius 1 is 0.953 bits per heavy atom. The lowest BCUT2D eigenvalue weighted by molar-refractivity contribution is -0.287. The van der Waals surface area contributed by atoms with Gasteiger partial charge in [0.25, 0.3) is 0 Å². The topological polar surface area (TPSA) is 197 Å². The number of esters is 3. The van der Waals surface area contributed by atoms with E-state index in [1.807, 2.05) is 0 Å². The third kappa shape index (κ3) is 4.89. The third-order valence-electron chi connectivity index (χ3n) is 9.95. The number of ketones is 1. The number of fused-ring (bicyclic) bond motifs is 3. The van der Waals surface area contributed by atoms with Crippen molar-refractivity contribution in [2.75, 3.05) is 6.61 Å². The smallest absolute Gasteiger partial charge is 0.338 e. The van der Waals surface area contributed by atoms with E-state index in [1.165, 1.54) is 39.8 Å². The number of carbonyl (C=O) groups excluding carboxylic acids is 4. The Kier molecular flexibility index (Phi) is 8.44. The van der Waals surface area contributed by atoms with E-state index in [4.69, 9.17) is 14.2 Å². The first-order valence-electron chi connectivity index (χ1n) is 14.2. The highest BCUT2D eigenvalue weighted by Gasteiger charge is 2.75. The van der Waals surface area contributed by atoms with Crippen LogP contribution in [0.3, 0.4) is 0 Å². The standard InChI is InChI=1S/C31H40O12/c1-15-19(35)13-31(40)26(43-27(38)18-10-8-7-9-11-18)24-29(6,20(36)12-21(41-16(2)33)30(24,39)14-32)25(37)23(42-17(3)34)22(15)28(31,4)5/h7-11,19-21,23-24,26,32,35-36,39-40H,12-14H2,1-6H3/t19-,20-,21-,23+,24-,26-,29+,30-,31+/m0/s1. The Hall–Kier alpha value is -3.16. The van der Waals surface area contributed by atoms with Crippen LogP contribution in [0.25, 0.3) is 0 Å². The molecule has 1 aromatic rings. The number of benzene rings is 1. The minimum absolute atomic E-state index is 0.0521. The normalized spacial score (nSPS) is 38.7. The van der Waals surface area contributed by atoms with Crippen molar-refractivity contribution in [3.8, 4) is 0 Å². The predicted molar refractivity (Wildman–Crippen MR) is 148 cm³/mol. The molecule has 5 N–H and O–H groups in total. The highest BCUT2D eigenvalue weighted by Crippen LogP contribution is 2.62. The van der Waals surface area contributed by atoms with Crippen LogP contribution >= 0.6 is 0 Å². The molecule has 0 amide bonds. The van der Waals surface area contributed by atoms with Gasteiger partial charge in [0.1, 0.15) is 23.4 Å². The highest BCUT2D eigenvalue weighted by molar-refractivity contribution is 5.95. The van der Waals surface area contributed by atoms with Gasteiger partial charge in [-0.2, -0.15) is 0 Å². The van der Waals surface area contributed by atoms with Gasteiger partial charge in [-0.15, -0.1) is 0 Å². The molecule has 43 heavy (non-hydrogen) atoms. The van der Waals surface area contributed by atoms with Gasteiger partial charge in [0, 0.05) is 38.0 Å². The summed E-state index contributed by atoms with van der Waals surface area (Å²) < 4.78 is 16.9. The van der Waals surface area contributed by atoms with E-state index in [0.29, 0.717) is 0 Å². The molecule has 0 saturated heterocycles. The molecule has 3 aliphatic carbocycles. The van der Waals surface area contributed by atoms with Gasteiger partial charge in [0.2, 0.25) is 0 Å². The Bertz CT molecular complexity index is 1340. The number of rotatable bonds is 5. The fourth-order valence-electron chi connectivity index (χ4n) is 7.53. The first-order valence-corrected chi connectivity index (χ1v) is 14.2. The number of carbonyl (C=O) groups is 4. The van der Waals surface area contributed by atoms with Crippen LogP contribution in [-0.2, 0) is 28.6 Å². The Balaban J connectivity index is 2.11. The van der Waals surface area contributed by atoms with Crippen molar-refractivity contribution < 1.29 is 58.9 Å². The summed E-state index contributed by atoms with van der Waals surface area (Å²) in [6.45, 7) is 6.81. The molecule has 12 nitrogen and oxygen atoms in total. The van der Waals surface area contributed by atoms with E-state index >= 15 is 0 Å². The molecular weight excluding hydrogens is 564 g/mol. The summed E-state index contributed by atoms with van der Waals surface area (Å²) in [5, 5.41) is 58.6. The molecule has 4 rings (SSSR count). The van der Waals surface area contributed by atoms with Crippen molar-refractivity contribution in [2.24, 2.45) is 16.7 Å². The third-order valence-corrected chi connectivity index (χ3v) is 9.95. The molecule has 3 aliphatic rings. The maximum absolute atomic E-state index is 14.7. The van der Waals surface area contributed by atoms with Gasteiger partial charge in [-0.25, -0.2) is 4.79 Å². The molecule has 9 atom stereocenters. The van der Waals surface area contributed by atoms with Crippen molar-refractivity contribution in [3.63, 3.8) is 0 Å².